The molecule has 1 N–H and O–H groups in total. The Kier molecular flexibility index (Phi) is 4.22. The summed E-state index contributed by atoms with van der Waals surface area (Å²) < 4.78 is 28.4. The Morgan fingerprint density at radius 3 is 2.62 bits per heavy atom. The highest BCUT2D eigenvalue weighted by Gasteiger charge is 2.29. The van der Waals surface area contributed by atoms with Gasteiger partial charge in [-0.3, -0.25) is 4.79 Å². The molecule has 2 rings (SSSR count). The van der Waals surface area contributed by atoms with Crippen LogP contribution in [-0.4, -0.2) is 20.9 Å². The van der Waals surface area contributed by atoms with Gasteiger partial charge in [-0.15, -0.1) is 0 Å². The van der Waals surface area contributed by atoms with Crippen LogP contribution in [0.15, 0.2) is 23.1 Å². The molecular formula is C14H18ClNO4S. The summed E-state index contributed by atoms with van der Waals surface area (Å²) >= 11 is 0. The zero-order chi connectivity index (χ0) is 15.8. The number of rotatable bonds is 2. The molecule has 0 fully saturated rings. The molecule has 5 nitrogen and oxygen atoms in total. The average Bonchev–Trinajstić information content (AvgIpc) is 2.36. The number of fused-ring (bicyclic) bond motifs is 1. The molecular weight excluding hydrogens is 314 g/mol. The van der Waals surface area contributed by atoms with Gasteiger partial charge in [0.15, 0.2) is 0 Å². The lowest BCUT2D eigenvalue weighted by molar-refractivity contribution is -0.129. The Balaban J connectivity index is 2.36. The zero-order valence-corrected chi connectivity index (χ0v) is 13.7. The molecule has 116 valence electrons. The zero-order valence-electron chi connectivity index (χ0n) is 12.1. The fourth-order valence-corrected chi connectivity index (χ4v) is 2.84. The summed E-state index contributed by atoms with van der Waals surface area (Å²) in [5.41, 5.74) is 0.120. The summed E-state index contributed by atoms with van der Waals surface area (Å²) in [5, 5.41) is 2.94. The first-order valence-corrected chi connectivity index (χ1v) is 8.92. The molecule has 1 amide bonds. The second-order valence-corrected chi connectivity index (χ2v) is 8.62. The van der Waals surface area contributed by atoms with Crippen molar-refractivity contribution in [3.8, 4) is 5.75 Å². The fraction of sp³-hybridized carbons (Fsp3) is 0.500. The minimum atomic E-state index is -3.81. The van der Waals surface area contributed by atoms with Crippen LogP contribution in [0, 0.1) is 5.41 Å². The lowest BCUT2D eigenvalue weighted by atomic mass is 9.93. The van der Waals surface area contributed by atoms with Crippen molar-refractivity contribution in [3.63, 3.8) is 0 Å². The quantitative estimate of drug-likeness (QED) is 0.845. The number of carbonyl (C=O) groups excluding carboxylic acids is 1. The third kappa shape index (κ3) is 3.68. The lowest BCUT2D eigenvalue weighted by Crippen LogP contribution is -2.39. The molecule has 1 heterocycles. The minimum absolute atomic E-state index is 0.00317. The number of nitrogens with one attached hydrogen (secondary N) is 1. The van der Waals surface area contributed by atoms with Gasteiger partial charge < -0.3 is 10.1 Å². The van der Waals surface area contributed by atoms with Crippen LogP contribution >= 0.6 is 10.7 Å². The number of hydrogen-bond donors (Lipinski definition) is 1. The average molecular weight is 332 g/mol. The van der Waals surface area contributed by atoms with E-state index in [1.807, 2.05) is 20.8 Å². The molecule has 0 aliphatic carbocycles. The number of carbonyl (C=O) groups is 1. The van der Waals surface area contributed by atoms with E-state index in [2.05, 4.69) is 5.32 Å². The second-order valence-electron chi connectivity index (χ2n) is 6.05. The van der Waals surface area contributed by atoms with Crippen molar-refractivity contribution >= 4 is 25.6 Å². The monoisotopic (exact) mass is 331 g/mol. The van der Waals surface area contributed by atoms with E-state index < -0.39 is 14.5 Å². The largest absolute Gasteiger partial charge is 0.493 e. The van der Waals surface area contributed by atoms with E-state index in [-0.39, 0.29) is 16.8 Å². The first-order chi connectivity index (χ1) is 9.59. The molecule has 21 heavy (non-hydrogen) atoms. The Morgan fingerprint density at radius 2 is 2.05 bits per heavy atom. The Hall–Kier alpha value is -1.27. The van der Waals surface area contributed by atoms with Crippen LogP contribution in [0.1, 0.15) is 38.8 Å². The van der Waals surface area contributed by atoms with E-state index >= 15 is 0 Å². The fourth-order valence-electron chi connectivity index (χ4n) is 2.05. The van der Waals surface area contributed by atoms with Crippen molar-refractivity contribution in [1.82, 2.24) is 5.32 Å². The van der Waals surface area contributed by atoms with Gasteiger partial charge in [-0.1, -0.05) is 20.8 Å². The molecule has 0 saturated heterocycles. The van der Waals surface area contributed by atoms with Crippen LogP contribution in [0.25, 0.3) is 0 Å². The molecule has 0 radical (unpaired) electrons. The van der Waals surface area contributed by atoms with Gasteiger partial charge >= 0.3 is 0 Å². The Bertz CT molecular complexity index is 664. The van der Waals surface area contributed by atoms with Crippen molar-refractivity contribution in [2.75, 3.05) is 6.61 Å². The molecule has 1 aliphatic heterocycles. The Morgan fingerprint density at radius 1 is 1.38 bits per heavy atom. The van der Waals surface area contributed by atoms with Crippen LogP contribution in [0.5, 0.6) is 5.75 Å². The van der Waals surface area contributed by atoms with E-state index in [1.165, 1.54) is 12.1 Å². The van der Waals surface area contributed by atoms with Crippen molar-refractivity contribution in [1.29, 1.82) is 0 Å². The van der Waals surface area contributed by atoms with Gasteiger partial charge in [0.2, 0.25) is 5.91 Å². The number of benzene rings is 1. The molecule has 0 aromatic heterocycles. The van der Waals surface area contributed by atoms with Gasteiger partial charge in [0.1, 0.15) is 5.75 Å². The molecule has 0 saturated carbocycles. The molecule has 1 aromatic carbocycles. The highest BCUT2D eigenvalue weighted by Crippen LogP contribution is 2.35. The molecule has 1 aliphatic rings. The number of halogens is 1. The van der Waals surface area contributed by atoms with Crippen molar-refractivity contribution in [3.05, 3.63) is 23.8 Å². The minimum Gasteiger partial charge on any atom is -0.493 e. The topological polar surface area (TPSA) is 72.5 Å². The summed E-state index contributed by atoms with van der Waals surface area (Å²) in [6, 6.07) is 4.15. The maximum absolute atomic E-state index is 12.1. The maximum atomic E-state index is 12.1. The summed E-state index contributed by atoms with van der Waals surface area (Å²) in [6.45, 7) is 5.93. The van der Waals surface area contributed by atoms with Crippen LogP contribution in [0.4, 0.5) is 0 Å². The van der Waals surface area contributed by atoms with E-state index in [9.17, 15) is 13.2 Å². The van der Waals surface area contributed by atoms with Gasteiger partial charge in [0.25, 0.3) is 9.05 Å². The van der Waals surface area contributed by atoms with E-state index in [0.29, 0.717) is 24.3 Å². The molecule has 0 spiro atoms. The van der Waals surface area contributed by atoms with Crippen molar-refractivity contribution in [2.45, 2.75) is 38.1 Å². The molecule has 1 atom stereocenters. The Labute approximate surface area is 129 Å². The first kappa shape index (κ1) is 16.1. The van der Waals surface area contributed by atoms with E-state index in [0.717, 1.165) is 0 Å². The number of hydrogen-bond acceptors (Lipinski definition) is 4. The predicted molar refractivity (Wildman–Crippen MR) is 79.9 cm³/mol. The summed E-state index contributed by atoms with van der Waals surface area (Å²) in [5.74, 6) is 0.476. The lowest BCUT2D eigenvalue weighted by Gasteiger charge is -2.29. The van der Waals surface area contributed by atoms with Gasteiger partial charge in [-0.2, -0.15) is 0 Å². The van der Waals surface area contributed by atoms with Crippen LogP contribution in [0.2, 0.25) is 0 Å². The van der Waals surface area contributed by atoms with Gasteiger partial charge in [-0.25, -0.2) is 8.42 Å². The van der Waals surface area contributed by atoms with Gasteiger partial charge in [0.05, 0.1) is 17.5 Å². The molecule has 7 heteroatoms. The van der Waals surface area contributed by atoms with Crippen molar-refractivity contribution in [2.24, 2.45) is 5.41 Å². The standard InChI is InChI=1S/C14H18ClNO4S/c1-14(2,3)13(17)16-11-6-7-20-12-5-4-9(8-10(11)12)21(15,18)19/h4-5,8,11H,6-7H2,1-3H3,(H,16,17). The highest BCUT2D eigenvalue weighted by atomic mass is 35.7. The van der Waals surface area contributed by atoms with Gasteiger partial charge in [0, 0.05) is 28.1 Å². The van der Waals surface area contributed by atoms with Gasteiger partial charge in [-0.05, 0) is 18.2 Å². The van der Waals surface area contributed by atoms with E-state index in [4.69, 9.17) is 15.4 Å². The summed E-state index contributed by atoms with van der Waals surface area (Å²) in [4.78, 5) is 12.1. The first-order valence-electron chi connectivity index (χ1n) is 6.61. The molecule has 1 unspecified atom stereocenters. The third-order valence-corrected chi connectivity index (χ3v) is 4.64. The molecule has 0 bridgehead atoms. The van der Waals surface area contributed by atoms with Crippen LogP contribution in [0.3, 0.4) is 0 Å². The summed E-state index contributed by atoms with van der Waals surface area (Å²) in [7, 11) is 1.56. The number of amides is 1. The third-order valence-electron chi connectivity index (χ3n) is 3.29. The van der Waals surface area contributed by atoms with Crippen LogP contribution in [-0.2, 0) is 13.8 Å². The SMILES string of the molecule is CC(C)(C)C(=O)NC1CCOc2ccc(S(=O)(=O)Cl)cc21. The highest BCUT2D eigenvalue weighted by molar-refractivity contribution is 8.13. The predicted octanol–water partition coefficient (Wildman–Crippen LogP) is 2.60. The second kappa shape index (κ2) is 5.50. The summed E-state index contributed by atoms with van der Waals surface area (Å²) in [6.07, 6.45) is 0.584. The van der Waals surface area contributed by atoms with Crippen LogP contribution < -0.4 is 10.1 Å². The smallest absolute Gasteiger partial charge is 0.261 e. The number of ether oxygens (including phenoxy) is 1. The van der Waals surface area contributed by atoms with E-state index in [1.54, 1.807) is 6.07 Å². The maximum Gasteiger partial charge on any atom is 0.261 e. The molecule has 1 aromatic rings. The normalized spacial score (nSPS) is 18.6. The van der Waals surface area contributed by atoms with Crippen molar-refractivity contribution < 1.29 is 17.9 Å².